The van der Waals surface area contributed by atoms with Gasteiger partial charge < -0.3 is 5.32 Å². The van der Waals surface area contributed by atoms with Crippen molar-refractivity contribution in [1.29, 1.82) is 0 Å². The van der Waals surface area contributed by atoms with E-state index in [0.717, 1.165) is 4.31 Å². The summed E-state index contributed by atoms with van der Waals surface area (Å²) < 4.78 is 27.7. The number of fused-ring (bicyclic) bond motifs is 1. The zero-order chi connectivity index (χ0) is 22.1. The lowest BCUT2D eigenvalue weighted by atomic mass is 9.94. The van der Waals surface area contributed by atoms with Crippen molar-refractivity contribution in [2.24, 2.45) is 5.41 Å². The summed E-state index contributed by atoms with van der Waals surface area (Å²) in [4.78, 5) is 26.3. The van der Waals surface area contributed by atoms with E-state index >= 15 is 0 Å². The molecule has 0 bridgehead atoms. The number of nitrogens with one attached hydrogen (secondary N) is 1. The van der Waals surface area contributed by atoms with Crippen LogP contribution in [0.25, 0.3) is 5.70 Å². The van der Waals surface area contributed by atoms with Gasteiger partial charge in [0, 0.05) is 16.5 Å². The van der Waals surface area contributed by atoms with Crippen LogP contribution in [0.15, 0.2) is 77.8 Å². The van der Waals surface area contributed by atoms with E-state index < -0.39 is 21.2 Å². The van der Waals surface area contributed by atoms with Crippen molar-refractivity contribution < 1.29 is 18.0 Å². The molecule has 0 atom stereocenters. The lowest BCUT2D eigenvalue weighted by Gasteiger charge is -2.34. The number of rotatable bonds is 5. The number of nitrogens with zero attached hydrogens (tertiary/aromatic N) is 1. The van der Waals surface area contributed by atoms with Gasteiger partial charge in [0.05, 0.1) is 17.1 Å². The molecule has 0 unspecified atom stereocenters. The highest BCUT2D eigenvalue weighted by Gasteiger charge is 2.40. The van der Waals surface area contributed by atoms with Crippen LogP contribution < -0.4 is 5.32 Å². The molecular weight excluding hydrogens is 400 g/mol. The van der Waals surface area contributed by atoms with Crippen LogP contribution in [0.4, 0.5) is 0 Å². The number of Topliss-reactive ketones (excluding diaryl/α,β-unsaturated/α-hetero) is 1. The first-order chi connectivity index (χ1) is 14.1. The van der Waals surface area contributed by atoms with Gasteiger partial charge in [0.1, 0.15) is 5.70 Å². The molecule has 0 saturated heterocycles. The van der Waals surface area contributed by atoms with Gasteiger partial charge in [0.15, 0.2) is 0 Å². The molecule has 0 fully saturated rings. The zero-order valence-corrected chi connectivity index (χ0v) is 18.0. The summed E-state index contributed by atoms with van der Waals surface area (Å²) in [6.07, 6.45) is 1.41. The molecule has 0 radical (unpaired) electrons. The van der Waals surface area contributed by atoms with Gasteiger partial charge >= 0.3 is 0 Å². The van der Waals surface area contributed by atoms with Crippen LogP contribution in [0.5, 0.6) is 0 Å². The third kappa shape index (κ3) is 3.80. The largest absolute Gasteiger partial charge is 0.323 e. The minimum absolute atomic E-state index is 0.0284. The molecule has 1 N–H and O–H groups in total. The Morgan fingerprint density at radius 2 is 1.63 bits per heavy atom. The molecule has 1 amide bonds. The van der Waals surface area contributed by atoms with Gasteiger partial charge in [0.25, 0.3) is 10.0 Å². The van der Waals surface area contributed by atoms with Crippen molar-refractivity contribution in [3.8, 4) is 0 Å². The van der Waals surface area contributed by atoms with E-state index in [-0.39, 0.29) is 34.3 Å². The Morgan fingerprint density at radius 3 is 2.23 bits per heavy atom. The highest BCUT2D eigenvalue weighted by atomic mass is 32.2. The average molecular weight is 425 g/mol. The van der Waals surface area contributed by atoms with Gasteiger partial charge in [-0.3, -0.25) is 13.9 Å². The number of hydrogen-bond acceptors (Lipinski definition) is 4. The smallest absolute Gasteiger partial charge is 0.265 e. The first-order valence-corrected chi connectivity index (χ1v) is 10.9. The summed E-state index contributed by atoms with van der Waals surface area (Å²) in [5.41, 5.74) is -0.0654. The minimum Gasteiger partial charge on any atom is -0.323 e. The molecule has 1 heterocycles. The Labute approximate surface area is 177 Å². The molecule has 7 heteroatoms. The van der Waals surface area contributed by atoms with Crippen molar-refractivity contribution in [2.75, 3.05) is 6.54 Å². The summed E-state index contributed by atoms with van der Waals surface area (Å²) in [6, 6.07) is 14.7. The third-order valence-corrected chi connectivity index (χ3v) is 6.50. The SMILES string of the molecule is C=CCN1C(C(=O)c2ccccc2)=C(NC(=O)C(C)(C)C)c2ccccc2S1(=O)=O. The summed E-state index contributed by atoms with van der Waals surface area (Å²) in [7, 11) is -4.02. The third-order valence-electron chi connectivity index (χ3n) is 4.68. The van der Waals surface area contributed by atoms with E-state index in [1.165, 1.54) is 12.1 Å². The Morgan fingerprint density at radius 1 is 1.03 bits per heavy atom. The first kappa shape index (κ1) is 21.5. The van der Waals surface area contributed by atoms with Crippen molar-refractivity contribution in [3.63, 3.8) is 0 Å². The maximum atomic E-state index is 13.5. The Hall–Kier alpha value is -3.19. The Bertz CT molecular complexity index is 1140. The average Bonchev–Trinajstić information content (AvgIpc) is 2.71. The number of ketones is 1. The molecule has 0 saturated carbocycles. The molecule has 2 aromatic rings. The van der Waals surface area contributed by atoms with Crippen molar-refractivity contribution >= 4 is 27.4 Å². The number of carbonyl (C=O) groups excluding carboxylic acids is 2. The maximum Gasteiger partial charge on any atom is 0.265 e. The number of carbonyl (C=O) groups is 2. The van der Waals surface area contributed by atoms with Gasteiger partial charge in [-0.2, -0.15) is 0 Å². The van der Waals surface area contributed by atoms with Crippen molar-refractivity contribution in [3.05, 3.63) is 84.1 Å². The van der Waals surface area contributed by atoms with Crippen LogP contribution in [0, 0.1) is 5.41 Å². The fourth-order valence-electron chi connectivity index (χ4n) is 3.08. The van der Waals surface area contributed by atoms with Crippen molar-refractivity contribution in [2.45, 2.75) is 25.7 Å². The Kier molecular flexibility index (Phi) is 5.67. The van der Waals surface area contributed by atoms with Crippen LogP contribution in [0.2, 0.25) is 0 Å². The van der Waals surface area contributed by atoms with Gasteiger partial charge in [-0.1, -0.05) is 75.4 Å². The summed E-state index contributed by atoms with van der Waals surface area (Å²) >= 11 is 0. The number of sulfonamides is 1. The van der Waals surface area contributed by atoms with E-state index in [1.807, 2.05) is 0 Å². The summed E-state index contributed by atoms with van der Waals surface area (Å²) in [5, 5.41) is 2.82. The van der Waals surface area contributed by atoms with Crippen molar-refractivity contribution in [1.82, 2.24) is 9.62 Å². The highest BCUT2D eigenvalue weighted by molar-refractivity contribution is 7.89. The molecule has 0 aliphatic carbocycles. The topological polar surface area (TPSA) is 83.6 Å². The standard InChI is InChI=1S/C23H24N2O4S/c1-5-15-25-20(21(26)16-11-7-6-8-12-16)19(24-22(27)23(2,3)4)17-13-9-10-14-18(17)30(25,28)29/h5-14H,1,15H2,2-4H3,(H,24,27). The van der Waals surface area contributed by atoms with Crippen LogP contribution in [0.1, 0.15) is 36.7 Å². The van der Waals surface area contributed by atoms with Crippen LogP contribution in [-0.2, 0) is 14.8 Å². The lowest BCUT2D eigenvalue weighted by molar-refractivity contribution is -0.127. The number of amides is 1. The predicted molar refractivity (Wildman–Crippen MR) is 116 cm³/mol. The monoisotopic (exact) mass is 424 g/mol. The van der Waals surface area contributed by atoms with Gasteiger partial charge in [-0.05, 0) is 6.07 Å². The highest BCUT2D eigenvalue weighted by Crippen LogP contribution is 2.37. The second-order valence-electron chi connectivity index (χ2n) is 7.94. The molecule has 2 aromatic carbocycles. The number of hydrogen-bond donors (Lipinski definition) is 1. The Balaban J connectivity index is 2.35. The second kappa shape index (κ2) is 7.91. The normalized spacial score (nSPS) is 15.4. The fourth-order valence-corrected chi connectivity index (χ4v) is 4.73. The van der Waals surface area contributed by atoms with E-state index in [4.69, 9.17) is 0 Å². The molecule has 6 nitrogen and oxygen atoms in total. The molecule has 3 rings (SSSR count). The van der Waals surface area contributed by atoms with E-state index in [9.17, 15) is 18.0 Å². The summed E-state index contributed by atoms with van der Waals surface area (Å²) in [6.45, 7) is 8.76. The number of benzene rings is 2. The fraction of sp³-hybridized carbons (Fsp3) is 0.217. The van der Waals surface area contributed by atoms with E-state index in [2.05, 4.69) is 11.9 Å². The van der Waals surface area contributed by atoms with Crippen LogP contribution in [-0.4, -0.2) is 31.0 Å². The summed E-state index contributed by atoms with van der Waals surface area (Å²) in [5.74, 6) is -0.830. The quantitative estimate of drug-likeness (QED) is 0.587. The molecule has 1 aliphatic heterocycles. The van der Waals surface area contributed by atoms with Gasteiger partial charge in [0.2, 0.25) is 11.7 Å². The second-order valence-corrected chi connectivity index (χ2v) is 9.77. The van der Waals surface area contributed by atoms with E-state index in [0.29, 0.717) is 5.56 Å². The molecule has 156 valence electrons. The maximum absolute atomic E-state index is 13.5. The first-order valence-electron chi connectivity index (χ1n) is 9.47. The lowest BCUT2D eigenvalue weighted by Crippen LogP contribution is -2.43. The molecular formula is C23H24N2O4S. The minimum atomic E-state index is -4.02. The van der Waals surface area contributed by atoms with Gasteiger partial charge in [-0.25, -0.2) is 8.42 Å². The molecule has 1 aliphatic rings. The van der Waals surface area contributed by atoms with E-state index in [1.54, 1.807) is 69.3 Å². The predicted octanol–water partition coefficient (Wildman–Crippen LogP) is 3.59. The van der Waals surface area contributed by atoms with Gasteiger partial charge in [-0.15, -0.1) is 6.58 Å². The van der Waals surface area contributed by atoms with Crippen LogP contribution >= 0.6 is 0 Å². The molecule has 30 heavy (non-hydrogen) atoms. The molecule has 0 spiro atoms. The number of allylic oxidation sites excluding steroid dienone is 1. The molecule has 0 aromatic heterocycles. The van der Waals surface area contributed by atoms with Crippen LogP contribution in [0.3, 0.4) is 0 Å². The zero-order valence-electron chi connectivity index (χ0n) is 17.2.